The standard InChI is InChI=1S/C13H10O4S/c14-8-18(15,16)17-12-7-10-5-1-3-9-4-2-6-11(12)13(9)10/h1-6,8,12H,7H2. The van der Waals surface area contributed by atoms with Gasteiger partial charge in [-0.25, -0.2) is 0 Å². The fraction of sp³-hybridized carbons (Fsp3) is 0.154. The molecule has 2 aromatic carbocycles. The molecule has 0 radical (unpaired) electrons. The number of carbonyl (C=O) groups excluding carboxylic acids is 1. The lowest BCUT2D eigenvalue weighted by Crippen LogP contribution is -2.11. The van der Waals surface area contributed by atoms with Crippen LogP contribution in [0.15, 0.2) is 36.4 Å². The molecule has 0 bridgehead atoms. The smallest absolute Gasteiger partial charge is 0.283 e. The van der Waals surface area contributed by atoms with Gasteiger partial charge in [-0.15, -0.1) is 0 Å². The van der Waals surface area contributed by atoms with Crippen LogP contribution < -0.4 is 0 Å². The van der Waals surface area contributed by atoms with E-state index in [2.05, 4.69) is 0 Å². The summed E-state index contributed by atoms with van der Waals surface area (Å²) in [6.07, 6.45) is -0.120. The van der Waals surface area contributed by atoms with Gasteiger partial charge < -0.3 is 0 Å². The predicted molar refractivity (Wildman–Crippen MR) is 67.1 cm³/mol. The Balaban J connectivity index is 2.11. The Labute approximate surface area is 104 Å². The van der Waals surface area contributed by atoms with Crippen LogP contribution in [0.4, 0.5) is 0 Å². The first kappa shape index (κ1) is 11.4. The first-order valence-electron chi connectivity index (χ1n) is 5.50. The summed E-state index contributed by atoms with van der Waals surface area (Å²) < 4.78 is 27.4. The van der Waals surface area contributed by atoms with Crippen LogP contribution in [0, 0.1) is 0 Å². The summed E-state index contributed by atoms with van der Waals surface area (Å²) in [5, 5.41) is 2.09. The molecular formula is C13H10O4S. The number of benzene rings is 2. The van der Waals surface area contributed by atoms with Crippen LogP contribution >= 0.6 is 0 Å². The second-order valence-electron chi connectivity index (χ2n) is 4.24. The Morgan fingerprint density at radius 3 is 2.61 bits per heavy atom. The van der Waals surface area contributed by atoms with Crippen molar-refractivity contribution in [2.75, 3.05) is 0 Å². The van der Waals surface area contributed by atoms with Crippen molar-refractivity contribution >= 4 is 26.5 Å². The number of carbonyl (C=O) groups is 1. The lowest BCUT2D eigenvalue weighted by molar-refractivity contribution is 0.226. The molecule has 0 saturated heterocycles. The lowest BCUT2D eigenvalue weighted by atomic mass is 10.1. The highest BCUT2D eigenvalue weighted by molar-refractivity contribution is 8.00. The topological polar surface area (TPSA) is 60.4 Å². The minimum Gasteiger partial charge on any atom is -0.283 e. The van der Waals surface area contributed by atoms with Gasteiger partial charge in [0.15, 0.2) is 0 Å². The van der Waals surface area contributed by atoms with E-state index in [9.17, 15) is 13.2 Å². The number of hydrogen-bond acceptors (Lipinski definition) is 4. The Morgan fingerprint density at radius 2 is 1.89 bits per heavy atom. The molecular weight excluding hydrogens is 252 g/mol. The molecule has 4 nitrogen and oxygen atoms in total. The van der Waals surface area contributed by atoms with Gasteiger partial charge in [0.2, 0.25) is 0 Å². The van der Waals surface area contributed by atoms with E-state index in [-0.39, 0.29) is 5.62 Å². The van der Waals surface area contributed by atoms with E-state index in [0.29, 0.717) is 6.42 Å². The third-order valence-electron chi connectivity index (χ3n) is 3.14. The zero-order valence-corrected chi connectivity index (χ0v) is 10.2. The average Bonchev–Trinajstić information content (AvgIpc) is 2.70. The minimum atomic E-state index is -4.10. The monoisotopic (exact) mass is 262 g/mol. The van der Waals surface area contributed by atoms with Crippen LogP contribution in [-0.2, 0) is 25.5 Å². The van der Waals surface area contributed by atoms with Crippen molar-refractivity contribution in [1.29, 1.82) is 0 Å². The largest absolute Gasteiger partial charge is 0.328 e. The zero-order valence-electron chi connectivity index (χ0n) is 9.37. The van der Waals surface area contributed by atoms with Gasteiger partial charge in [0.1, 0.15) is 6.10 Å². The first-order valence-corrected chi connectivity index (χ1v) is 6.97. The van der Waals surface area contributed by atoms with Crippen molar-refractivity contribution in [1.82, 2.24) is 0 Å². The van der Waals surface area contributed by atoms with Crippen molar-refractivity contribution < 1.29 is 17.4 Å². The molecule has 1 aliphatic carbocycles. The molecule has 1 unspecified atom stereocenters. The van der Waals surface area contributed by atoms with Gasteiger partial charge in [0.05, 0.1) is 0 Å². The molecule has 1 aliphatic rings. The molecule has 3 rings (SSSR count). The third kappa shape index (κ3) is 1.72. The molecule has 0 amide bonds. The van der Waals surface area contributed by atoms with Crippen LogP contribution in [-0.4, -0.2) is 14.0 Å². The minimum absolute atomic E-state index is 0.157. The van der Waals surface area contributed by atoms with Crippen LogP contribution in [0.25, 0.3) is 10.8 Å². The summed E-state index contributed by atoms with van der Waals surface area (Å²) in [6.45, 7) is 0. The molecule has 1 atom stereocenters. The Hall–Kier alpha value is -1.72. The highest BCUT2D eigenvalue weighted by atomic mass is 32.2. The third-order valence-corrected chi connectivity index (χ3v) is 3.88. The van der Waals surface area contributed by atoms with Gasteiger partial charge in [0.25, 0.3) is 5.62 Å². The van der Waals surface area contributed by atoms with Gasteiger partial charge in [-0.2, -0.15) is 8.42 Å². The molecule has 18 heavy (non-hydrogen) atoms. The van der Waals surface area contributed by atoms with Crippen molar-refractivity contribution in [3.63, 3.8) is 0 Å². The van der Waals surface area contributed by atoms with Gasteiger partial charge in [-0.1, -0.05) is 36.4 Å². The maximum absolute atomic E-state index is 11.2. The van der Waals surface area contributed by atoms with Crippen LogP contribution in [0.2, 0.25) is 0 Å². The molecule has 0 heterocycles. The summed E-state index contributed by atoms with van der Waals surface area (Å²) in [6, 6.07) is 11.5. The average molecular weight is 262 g/mol. The fourth-order valence-electron chi connectivity index (χ4n) is 2.47. The molecule has 0 fully saturated rings. The molecule has 2 aromatic rings. The molecule has 0 spiro atoms. The molecule has 92 valence electrons. The lowest BCUT2D eigenvalue weighted by Gasteiger charge is -2.09. The fourth-order valence-corrected chi connectivity index (χ4v) is 3.01. The summed E-state index contributed by atoms with van der Waals surface area (Å²) in [5.74, 6) is 0. The number of hydrogen-bond donors (Lipinski definition) is 0. The summed E-state index contributed by atoms with van der Waals surface area (Å²) in [4.78, 5) is 10.4. The maximum atomic E-state index is 11.2. The molecule has 0 saturated carbocycles. The SMILES string of the molecule is O=CS(=O)(=O)OC1Cc2cccc3cccc1c23. The number of rotatable bonds is 3. The molecule has 5 heteroatoms. The maximum Gasteiger partial charge on any atom is 0.328 e. The predicted octanol–water partition coefficient (Wildman–Crippen LogP) is 1.97. The second kappa shape index (κ2) is 3.90. The molecule has 0 aromatic heterocycles. The van der Waals surface area contributed by atoms with E-state index in [4.69, 9.17) is 4.18 Å². The van der Waals surface area contributed by atoms with E-state index in [1.165, 1.54) is 0 Å². The van der Waals surface area contributed by atoms with E-state index in [1.807, 2.05) is 36.4 Å². The van der Waals surface area contributed by atoms with Crippen molar-refractivity contribution in [2.45, 2.75) is 12.5 Å². The quantitative estimate of drug-likeness (QED) is 0.626. The summed E-state index contributed by atoms with van der Waals surface area (Å²) in [7, 11) is -4.10. The van der Waals surface area contributed by atoms with Gasteiger partial charge >= 0.3 is 10.1 Å². The highest BCUT2D eigenvalue weighted by Gasteiger charge is 2.28. The normalized spacial score (nSPS) is 18.1. The summed E-state index contributed by atoms with van der Waals surface area (Å²) in [5.41, 5.74) is 1.72. The highest BCUT2D eigenvalue weighted by Crippen LogP contribution is 2.39. The van der Waals surface area contributed by atoms with E-state index >= 15 is 0 Å². The van der Waals surface area contributed by atoms with Crippen molar-refractivity contribution in [3.8, 4) is 0 Å². The van der Waals surface area contributed by atoms with Crippen LogP contribution in [0.5, 0.6) is 0 Å². The zero-order chi connectivity index (χ0) is 12.8. The Bertz CT molecular complexity index is 728. The molecule has 0 aliphatic heterocycles. The molecule has 0 N–H and O–H groups in total. The Kier molecular flexibility index (Phi) is 2.46. The van der Waals surface area contributed by atoms with Gasteiger partial charge in [-0.3, -0.25) is 8.98 Å². The van der Waals surface area contributed by atoms with Gasteiger partial charge in [-0.05, 0) is 21.9 Å². The van der Waals surface area contributed by atoms with Gasteiger partial charge in [0, 0.05) is 6.42 Å². The van der Waals surface area contributed by atoms with Crippen molar-refractivity contribution in [2.24, 2.45) is 0 Å². The van der Waals surface area contributed by atoms with Crippen LogP contribution in [0.3, 0.4) is 0 Å². The summed E-state index contributed by atoms with van der Waals surface area (Å²) >= 11 is 0. The Morgan fingerprint density at radius 1 is 1.17 bits per heavy atom. The van der Waals surface area contributed by atoms with E-state index in [0.717, 1.165) is 21.9 Å². The van der Waals surface area contributed by atoms with E-state index in [1.54, 1.807) is 0 Å². The first-order chi connectivity index (χ1) is 8.61. The van der Waals surface area contributed by atoms with E-state index < -0.39 is 16.2 Å². The second-order valence-corrected chi connectivity index (χ2v) is 5.61. The van der Waals surface area contributed by atoms with Crippen LogP contribution in [0.1, 0.15) is 17.2 Å². The van der Waals surface area contributed by atoms with Crippen molar-refractivity contribution in [3.05, 3.63) is 47.5 Å².